The van der Waals surface area contributed by atoms with Crippen molar-refractivity contribution >= 4 is 11.6 Å². The number of anilines is 1. The summed E-state index contributed by atoms with van der Waals surface area (Å²) in [5.74, 6) is 1.04. The Bertz CT molecular complexity index is 667. The maximum atomic E-state index is 12.4. The molecule has 0 saturated heterocycles. The number of ether oxygens (including phenoxy) is 1. The van der Waals surface area contributed by atoms with Crippen LogP contribution in [0.5, 0.6) is 5.75 Å². The first-order valence-corrected chi connectivity index (χ1v) is 7.99. The summed E-state index contributed by atoms with van der Waals surface area (Å²) in [6, 6.07) is 16.1. The Morgan fingerprint density at radius 2 is 1.87 bits per heavy atom. The van der Waals surface area contributed by atoms with Crippen molar-refractivity contribution in [2.24, 2.45) is 0 Å². The van der Waals surface area contributed by atoms with E-state index in [9.17, 15) is 4.79 Å². The third-order valence-corrected chi connectivity index (χ3v) is 4.24. The molecule has 2 aromatic carbocycles. The zero-order valence-electron chi connectivity index (χ0n) is 13.4. The fourth-order valence-corrected chi connectivity index (χ4v) is 2.89. The van der Waals surface area contributed by atoms with E-state index < -0.39 is 0 Å². The number of carbonyl (C=O) groups excluding carboxylic acids is 1. The van der Waals surface area contributed by atoms with E-state index >= 15 is 0 Å². The third-order valence-electron chi connectivity index (χ3n) is 4.24. The fraction of sp³-hybridized carbons (Fsp3) is 0.316. The molecule has 0 bridgehead atoms. The van der Waals surface area contributed by atoms with E-state index in [1.54, 1.807) is 7.11 Å². The van der Waals surface area contributed by atoms with Crippen LogP contribution in [0.25, 0.3) is 0 Å². The standard InChI is InChI=1S/C19H22N2O2/c1-23-18-8-6-17(7-9-18)20-12-10-19(22)21-13-11-15-4-2-3-5-16(15)14-21/h2-9,20H,10-14H2,1H3. The van der Waals surface area contributed by atoms with Crippen molar-refractivity contribution in [1.82, 2.24) is 4.90 Å². The Labute approximate surface area is 137 Å². The van der Waals surface area contributed by atoms with Crippen molar-refractivity contribution in [3.63, 3.8) is 0 Å². The maximum absolute atomic E-state index is 12.4. The average Bonchev–Trinajstić information content (AvgIpc) is 2.61. The predicted molar refractivity (Wildman–Crippen MR) is 91.7 cm³/mol. The van der Waals surface area contributed by atoms with Crippen molar-refractivity contribution in [2.75, 3.05) is 25.5 Å². The first-order chi connectivity index (χ1) is 11.3. The van der Waals surface area contributed by atoms with Gasteiger partial charge in [0, 0.05) is 31.7 Å². The number of nitrogens with one attached hydrogen (secondary N) is 1. The number of hydrogen-bond donors (Lipinski definition) is 1. The van der Waals surface area contributed by atoms with Crippen LogP contribution in [-0.2, 0) is 17.8 Å². The van der Waals surface area contributed by atoms with Gasteiger partial charge < -0.3 is 15.0 Å². The zero-order valence-corrected chi connectivity index (χ0v) is 13.4. The molecule has 1 N–H and O–H groups in total. The summed E-state index contributed by atoms with van der Waals surface area (Å²) in [7, 11) is 1.65. The second kappa shape index (κ2) is 7.18. The molecule has 1 aliphatic rings. The van der Waals surface area contributed by atoms with Gasteiger partial charge in [-0.2, -0.15) is 0 Å². The van der Waals surface area contributed by atoms with Crippen LogP contribution in [0.4, 0.5) is 5.69 Å². The van der Waals surface area contributed by atoms with Crippen LogP contribution in [0.2, 0.25) is 0 Å². The van der Waals surface area contributed by atoms with Gasteiger partial charge in [-0.05, 0) is 41.8 Å². The van der Waals surface area contributed by atoms with Crippen LogP contribution in [-0.4, -0.2) is 31.0 Å². The molecule has 1 aliphatic heterocycles. The summed E-state index contributed by atoms with van der Waals surface area (Å²) >= 11 is 0. The summed E-state index contributed by atoms with van der Waals surface area (Å²) < 4.78 is 5.13. The predicted octanol–water partition coefficient (Wildman–Crippen LogP) is 3.08. The van der Waals surface area contributed by atoms with Gasteiger partial charge in [-0.3, -0.25) is 4.79 Å². The van der Waals surface area contributed by atoms with Gasteiger partial charge >= 0.3 is 0 Å². The number of hydrogen-bond acceptors (Lipinski definition) is 3. The lowest BCUT2D eigenvalue weighted by molar-refractivity contribution is -0.131. The summed E-state index contributed by atoms with van der Waals surface area (Å²) in [5, 5.41) is 3.28. The molecule has 0 radical (unpaired) electrons. The normalized spacial score (nSPS) is 13.3. The molecule has 1 amide bonds. The SMILES string of the molecule is COc1ccc(NCCC(=O)N2CCc3ccccc3C2)cc1. The van der Waals surface area contributed by atoms with Crippen molar-refractivity contribution < 1.29 is 9.53 Å². The number of fused-ring (bicyclic) bond motifs is 1. The van der Waals surface area contributed by atoms with Crippen LogP contribution >= 0.6 is 0 Å². The van der Waals surface area contributed by atoms with Crippen LogP contribution in [0.1, 0.15) is 17.5 Å². The van der Waals surface area contributed by atoms with E-state index in [0.29, 0.717) is 13.0 Å². The average molecular weight is 310 g/mol. The first kappa shape index (κ1) is 15.4. The highest BCUT2D eigenvalue weighted by molar-refractivity contribution is 5.77. The van der Waals surface area contributed by atoms with E-state index in [2.05, 4.69) is 23.5 Å². The minimum atomic E-state index is 0.209. The molecule has 4 nitrogen and oxygen atoms in total. The van der Waals surface area contributed by atoms with E-state index in [0.717, 1.165) is 30.9 Å². The summed E-state index contributed by atoms with van der Waals surface area (Å²) in [4.78, 5) is 14.3. The lowest BCUT2D eigenvalue weighted by Crippen LogP contribution is -2.36. The Morgan fingerprint density at radius 1 is 1.13 bits per heavy atom. The molecule has 0 aliphatic carbocycles. The number of methoxy groups -OCH3 is 1. The summed E-state index contributed by atoms with van der Waals surface area (Å²) in [6.07, 6.45) is 1.46. The summed E-state index contributed by atoms with van der Waals surface area (Å²) in [6.45, 7) is 2.19. The largest absolute Gasteiger partial charge is 0.497 e. The van der Waals surface area contributed by atoms with E-state index in [-0.39, 0.29) is 5.91 Å². The van der Waals surface area contributed by atoms with E-state index in [1.165, 1.54) is 11.1 Å². The number of rotatable bonds is 5. The van der Waals surface area contributed by atoms with Gasteiger partial charge in [0.05, 0.1) is 7.11 Å². The van der Waals surface area contributed by atoms with Gasteiger partial charge in [-0.25, -0.2) is 0 Å². The molecule has 120 valence electrons. The molecule has 1 heterocycles. The highest BCUT2D eigenvalue weighted by Crippen LogP contribution is 2.19. The lowest BCUT2D eigenvalue weighted by atomic mass is 10.00. The monoisotopic (exact) mass is 310 g/mol. The maximum Gasteiger partial charge on any atom is 0.224 e. The van der Waals surface area contributed by atoms with Crippen molar-refractivity contribution in [3.05, 3.63) is 59.7 Å². The van der Waals surface area contributed by atoms with Gasteiger partial charge in [0.2, 0.25) is 5.91 Å². The van der Waals surface area contributed by atoms with Crippen LogP contribution < -0.4 is 10.1 Å². The molecule has 0 atom stereocenters. The molecule has 0 fully saturated rings. The Morgan fingerprint density at radius 3 is 2.61 bits per heavy atom. The quantitative estimate of drug-likeness (QED) is 0.923. The number of nitrogens with zero attached hydrogens (tertiary/aromatic N) is 1. The first-order valence-electron chi connectivity index (χ1n) is 7.99. The van der Waals surface area contributed by atoms with Crippen LogP contribution in [0.15, 0.2) is 48.5 Å². The highest BCUT2D eigenvalue weighted by Gasteiger charge is 2.19. The Hall–Kier alpha value is -2.49. The molecular weight excluding hydrogens is 288 g/mol. The number of benzene rings is 2. The molecule has 3 rings (SSSR count). The number of carbonyl (C=O) groups is 1. The topological polar surface area (TPSA) is 41.6 Å². The fourth-order valence-electron chi connectivity index (χ4n) is 2.89. The van der Waals surface area contributed by atoms with E-state index in [4.69, 9.17) is 4.74 Å². The van der Waals surface area contributed by atoms with Gasteiger partial charge in [0.25, 0.3) is 0 Å². The smallest absolute Gasteiger partial charge is 0.224 e. The molecule has 0 aromatic heterocycles. The van der Waals surface area contributed by atoms with E-state index in [1.807, 2.05) is 35.2 Å². The van der Waals surface area contributed by atoms with Crippen LogP contribution in [0, 0.1) is 0 Å². The zero-order chi connectivity index (χ0) is 16.1. The number of amides is 1. The molecule has 0 spiro atoms. The minimum absolute atomic E-state index is 0.209. The van der Waals surface area contributed by atoms with Gasteiger partial charge in [-0.15, -0.1) is 0 Å². The second-order valence-corrected chi connectivity index (χ2v) is 5.74. The molecule has 4 heteroatoms. The van der Waals surface area contributed by atoms with Gasteiger partial charge in [0.15, 0.2) is 0 Å². The minimum Gasteiger partial charge on any atom is -0.497 e. The van der Waals surface area contributed by atoms with Crippen molar-refractivity contribution in [1.29, 1.82) is 0 Å². The van der Waals surface area contributed by atoms with Gasteiger partial charge in [-0.1, -0.05) is 24.3 Å². The summed E-state index contributed by atoms with van der Waals surface area (Å²) in [5.41, 5.74) is 3.64. The third kappa shape index (κ3) is 3.83. The second-order valence-electron chi connectivity index (χ2n) is 5.74. The molecule has 0 unspecified atom stereocenters. The molecule has 2 aromatic rings. The molecule has 23 heavy (non-hydrogen) atoms. The lowest BCUT2D eigenvalue weighted by Gasteiger charge is -2.29. The van der Waals surface area contributed by atoms with Crippen molar-refractivity contribution in [2.45, 2.75) is 19.4 Å². The molecular formula is C19H22N2O2. The van der Waals surface area contributed by atoms with Crippen molar-refractivity contribution in [3.8, 4) is 5.75 Å². The Balaban J connectivity index is 1.48. The highest BCUT2D eigenvalue weighted by atomic mass is 16.5. The molecule has 0 saturated carbocycles. The van der Waals surface area contributed by atoms with Gasteiger partial charge in [0.1, 0.15) is 5.75 Å². The Kier molecular flexibility index (Phi) is 4.81. The van der Waals surface area contributed by atoms with Crippen LogP contribution in [0.3, 0.4) is 0 Å².